The van der Waals surface area contributed by atoms with Gasteiger partial charge < -0.3 is 9.84 Å². The highest BCUT2D eigenvalue weighted by atomic mass is 19.3. The van der Waals surface area contributed by atoms with Gasteiger partial charge in [-0.05, 0) is 6.92 Å². The lowest BCUT2D eigenvalue weighted by Crippen LogP contribution is -2.14. The van der Waals surface area contributed by atoms with E-state index in [4.69, 9.17) is 5.11 Å². The average Bonchev–Trinajstić information content (AvgIpc) is 1.59. The third-order valence-corrected chi connectivity index (χ3v) is 0.767. The first-order valence-corrected chi connectivity index (χ1v) is 2.65. The summed E-state index contributed by atoms with van der Waals surface area (Å²) < 4.78 is 27.7. The minimum Gasteiger partial charge on any atom is -0.450 e. The maximum absolute atomic E-state index is 11.9. The molecular formula is C5H8F2O3. The first kappa shape index (κ1) is 9.13. The van der Waals surface area contributed by atoms with Crippen molar-refractivity contribution >= 4 is 6.16 Å². The summed E-state index contributed by atoms with van der Waals surface area (Å²) in [5.74, 6) is -2.85. The van der Waals surface area contributed by atoms with Crippen molar-refractivity contribution in [2.24, 2.45) is 0 Å². The number of halogens is 2. The van der Waals surface area contributed by atoms with Gasteiger partial charge in [-0.3, -0.25) is 0 Å². The van der Waals surface area contributed by atoms with E-state index in [1.807, 2.05) is 0 Å². The molecule has 10 heavy (non-hydrogen) atoms. The van der Waals surface area contributed by atoms with Crippen molar-refractivity contribution in [2.75, 3.05) is 6.61 Å². The molecule has 0 saturated carbocycles. The highest BCUT2D eigenvalue weighted by molar-refractivity contribution is 5.56. The first-order chi connectivity index (χ1) is 4.42. The molecule has 0 fully saturated rings. The van der Waals surface area contributed by atoms with Crippen molar-refractivity contribution in [3.63, 3.8) is 0 Å². The Bertz CT molecular complexity index is 119. The fraction of sp³-hybridized carbons (Fsp3) is 0.800. The molecule has 0 radical (unpaired) electrons. The van der Waals surface area contributed by atoms with Crippen molar-refractivity contribution in [3.8, 4) is 0 Å². The van der Waals surface area contributed by atoms with Crippen LogP contribution in [-0.2, 0) is 4.74 Å². The molecule has 0 unspecified atom stereocenters. The van der Waals surface area contributed by atoms with Crippen molar-refractivity contribution in [1.82, 2.24) is 0 Å². The second-order valence-corrected chi connectivity index (χ2v) is 1.93. The molecule has 0 aliphatic rings. The van der Waals surface area contributed by atoms with Crippen LogP contribution in [0.1, 0.15) is 13.3 Å². The van der Waals surface area contributed by atoms with E-state index in [2.05, 4.69) is 4.74 Å². The van der Waals surface area contributed by atoms with Gasteiger partial charge in [-0.1, -0.05) is 0 Å². The summed E-state index contributed by atoms with van der Waals surface area (Å²) in [6.07, 6.45) is -2.09. The Balaban J connectivity index is 3.29. The quantitative estimate of drug-likeness (QED) is 0.629. The minimum absolute atomic E-state index is 0.459. The SMILES string of the molecule is CC(F)(F)CCOC(=O)O. The number of carbonyl (C=O) groups is 1. The monoisotopic (exact) mass is 154 g/mol. The van der Waals surface area contributed by atoms with Gasteiger partial charge in [0.25, 0.3) is 0 Å². The molecule has 3 nitrogen and oxygen atoms in total. The van der Waals surface area contributed by atoms with Crippen LogP contribution >= 0.6 is 0 Å². The average molecular weight is 154 g/mol. The Morgan fingerprint density at radius 2 is 2.20 bits per heavy atom. The molecule has 0 aliphatic carbocycles. The predicted molar refractivity (Wildman–Crippen MR) is 29.2 cm³/mol. The van der Waals surface area contributed by atoms with Crippen LogP contribution in [-0.4, -0.2) is 23.8 Å². The number of rotatable bonds is 3. The van der Waals surface area contributed by atoms with Crippen molar-refractivity contribution in [2.45, 2.75) is 19.3 Å². The first-order valence-electron chi connectivity index (χ1n) is 2.65. The van der Waals surface area contributed by atoms with E-state index in [0.29, 0.717) is 6.92 Å². The summed E-state index contributed by atoms with van der Waals surface area (Å²) in [4.78, 5) is 9.62. The summed E-state index contributed by atoms with van der Waals surface area (Å²) in [6, 6.07) is 0. The topological polar surface area (TPSA) is 46.5 Å². The number of ether oxygens (including phenoxy) is 1. The van der Waals surface area contributed by atoms with Gasteiger partial charge in [-0.2, -0.15) is 0 Å². The van der Waals surface area contributed by atoms with E-state index in [9.17, 15) is 13.6 Å². The molecule has 60 valence electrons. The van der Waals surface area contributed by atoms with E-state index in [1.54, 1.807) is 0 Å². The van der Waals surface area contributed by atoms with Gasteiger partial charge in [0.05, 0.1) is 0 Å². The molecule has 0 heterocycles. The molecule has 0 aromatic heterocycles. The molecule has 0 saturated heterocycles. The van der Waals surface area contributed by atoms with Crippen LogP contribution in [0.5, 0.6) is 0 Å². The van der Waals surface area contributed by atoms with Crippen LogP contribution in [0.3, 0.4) is 0 Å². The summed E-state index contributed by atoms with van der Waals surface area (Å²) in [5, 5.41) is 7.84. The zero-order valence-corrected chi connectivity index (χ0v) is 5.43. The molecule has 5 heteroatoms. The van der Waals surface area contributed by atoms with Crippen molar-refractivity contribution < 1.29 is 23.4 Å². The van der Waals surface area contributed by atoms with Crippen molar-refractivity contribution in [1.29, 1.82) is 0 Å². The fourth-order valence-electron chi connectivity index (χ4n) is 0.318. The molecule has 1 N–H and O–H groups in total. The van der Waals surface area contributed by atoms with Crippen LogP contribution in [0.2, 0.25) is 0 Å². The van der Waals surface area contributed by atoms with Crippen LogP contribution in [0.4, 0.5) is 13.6 Å². The lowest BCUT2D eigenvalue weighted by molar-refractivity contribution is -0.0106. The van der Waals surface area contributed by atoms with Crippen LogP contribution in [0, 0.1) is 0 Å². The lowest BCUT2D eigenvalue weighted by Gasteiger charge is -2.07. The molecule has 0 aromatic carbocycles. The number of hydrogen-bond donors (Lipinski definition) is 1. The number of alkyl halides is 2. The largest absolute Gasteiger partial charge is 0.505 e. The highest BCUT2D eigenvalue weighted by Crippen LogP contribution is 2.15. The smallest absolute Gasteiger partial charge is 0.450 e. The maximum Gasteiger partial charge on any atom is 0.505 e. The summed E-state index contributed by atoms with van der Waals surface area (Å²) >= 11 is 0. The number of carboxylic acid groups (broad SMARTS) is 1. The van der Waals surface area contributed by atoms with Crippen LogP contribution in [0.25, 0.3) is 0 Å². The van der Waals surface area contributed by atoms with Gasteiger partial charge in [0.1, 0.15) is 6.61 Å². The maximum atomic E-state index is 11.9. The minimum atomic E-state index is -2.85. The van der Waals surface area contributed by atoms with E-state index in [-0.39, 0.29) is 0 Å². The Morgan fingerprint density at radius 1 is 1.70 bits per heavy atom. The third kappa shape index (κ3) is 7.13. The van der Waals surface area contributed by atoms with Gasteiger partial charge in [0.2, 0.25) is 5.92 Å². The normalized spacial score (nSPS) is 11.1. The second-order valence-electron chi connectivity index (χ2n) is 1.93. The van der Waals surface area contributed by atoms with Gasteiger partial charge in [0, 0.05) is 6.42 Å². The Labute approximate surface area is 56.6 Å². The second kappa shape index (κ2) is 3.34. The van der Waals surface area contributed by atoms with E-state index >= 15 is 0 Å². The molecule has 0 aromatic rings. The molecule has 0 atom stereocenters. The molecule has 0 amide bonds. The molecule has 0 bridgehead atoms. The van der Waals surface area contributed by atoms with Crippen molar-refractivity contribution in [3.05, 3.63) is 0 Å². The van der Waals surface area contributed by atoms with E-state index < -0.39 is 25.1 Å². The Kier molecular flexibility index (Phi) is 3.05. The standard InChI is InChI=1S/C5H8F2O3/c1-5(6,7)2-3-10-4(8)9/h2-3H2,1H3,(H,8,9). The molecule has 0 spiro atoms. The molecule has 0 aliphatic heterocycles. The highest BCUT2D eigenvalue weighted by Gasteiger charge is 2.20. The van der Waals surface area contributed by atoms with Gasteiger partial charge in [0.15, 0.2) is 0 Å². The summed E-state index contributed by atoms with van der Waals surface area (Å²) in [6.45, 7) is 0.247. The summed E-state index contributed by atoms with van der Waals surface area (Å²) in [7, 11) is 0. The predicted octanol–water partition coefficient (Wildman–Crippen LogP) is 1.73. The number of hydrogen-bond acceptors (Lipinski definition) is 2. The zero-order valence-electron chi connectivity index (χ0n) is 5.43. The fourth-order valence-corrected chi connectivity index (χ4v) is 0.318. The van der Waals surface area contributed by atoms with Gasteiger partial charge >= 0.3 is 6.16 Å². The van der Waals surface area contributed by atoms with Crippen LogP contribution < -0.4 is 0 Å². The Morgan fingerprint density at radius 3 is 2.50 bits per heavy atom. The summed E-state index contributed by atoms with van der Waals surface area (Å²) in [5.41, 5.74) is 0. The van der Waals surface area contributed by atoms with Crippen LogP contribution in [0.15, 0.2) is 0 Å². The van der Waals surface area contributed by atoms with E-state index in [0.717, 1.165) is 0 Å². The Hall–Kier alpha value is -0.870. The zero-order chi connectivity index (χ0) is 8.20. The lowest BCUT2D eigenvalue weighted by atomic mass is 10.3. The van der Waals surface area contributed by atoms with E-state index in [1.165, 1.54) is 0 Å². The molecule has 0 rings (SSSR count). The molecular weight excluding hydrogens is 146 g/mol. The van der Waals surface area contributed by atoms with Gasteiger partial charge in [-0.15, -0.1) is 0 Å². The third-order valence-electron chi connectivity index (χ3n) is 0.767. The van der Waals surface area contributed by atoms with Gasteiger partial charge in [-0.25, -0.2) is 13.6 Å².